The molecule has 1 aliphatic heterocycles. The topological polar surface area (TPSA) is 24.4 Å². The Morgan fingerprint density at radius 1 is 1.35 bits per heavy atom. The Hall–Kier alpha value is -0.480. The molecule has 0 bridgehead atoms. The molecule has 0 aromatic carbocycles. The van der Waals surface area contributed by atoms with Crippen LogP contribution in [0.5, 0.6) is 0 Å². The second-order valence-electron chi connectivity index (χ2n) is 6.73. The van der Waals surface area contributed by atoms with E-state index in [4.69, 9.17) is 4.99 Å². The molecule has 0 radical (unpaired) electrons. The van der Waals surface area contributed by atoms with E-state index >= 15 is 0 Å². The molecular weight excluding hydrogens is 284 g/mol. The molecule has 2 heterocycles. The van der Waals surface area contributed by atoms with Crippen molar-refractivity contribution in [2.45, 2.75) is 63.3 Å². The van der Waals surface area contributed by atoms with Gasteiger partial charge in [-0.25, -0.2) is 0 Å². The molecule has 20 heavy (non-hydrogen) atoms. The summed E-state index contributed by atoms with van der Waals surface area (Å²) in [6.07, 6.45) is 5.35. The first-order chi connectivity index (χ1) is 9.51. The maximum absolute atomic E-state index is 4.81. The van der Waals surface area contributed by atoms with Gasteiger partial charge in [0.05, 0.1) is 6.54 Å². The summed E-state index contributed by atoms with van der Waals surface area (Å²) in [5, 5.41) is 6.96. The molecule has 4 heteroatoms. The molecule has 1 saturated carbocycles. The van der Waals surface area contributed by atoms with Crippen molar-refractivity contribution < 1.29 is 0 Å². The van der Waals surface area contributed by atoms with E-state index < -0.39 is 0 Å². The van der Waals surface area contributed by atoms with Gasteiger partial charge in [0.2, 0.25) is 0 Å². The molecular formula is C16H24N2S2. The monoisotopic (exact) mass is 308 g/mol. The largest absolute Gasteiger partial charge is 0.359 e. The van der Waals surface area contributed by atoms with Crippen molar-refractivity contribution in [2.24, 2.45) is 10.9 Å². The smallest absolute Gasteiger partial charge is 0.158 e. The number of hydrogen-bond acceptors (Lipinski definition) is 3. The number of aliphatic imine (C=N–C) groups is 1. The fourth-order valence-electron chi connectivity index (χ4n) is 3.30. The first kappa shape index (κ1) is 14.5. The lowest BCUT2D eigenvalue weighted by molar-refractivity contribution is 0.231. The average molecular weight is 309 g/mol. The minimum atomic E-state index is 0.159. The molecule has 110 valence electrons. The Kier molecular flexibility index (Phi) is 3.89. The third-order valence-corrected chi connectivity index (χ3v) is 7.49. The van der Waals surface area contributed by atoms with Crippen LogP contribution in [-0.2, 0) is 6.54 Å². The molecule has 1 N–H and O–H groups in total. The summed E-state index contributed by atoms with van der Waals surface area (Å²) in [5.41, 5.74) is 0.159. The molecule has 0 amide bonds. The van der Waals surface area contributed by atoms with Crippen molar-refractivity contribution in [3.05, 3.63) is 22.4 Å². The zero-order valence-corrected chi connectivity index (χ0v) is 14.2. The van der Waals surface area contributed by atoms with Crippen LogP contribution in [0.1, 0.15) is 51.3 Å². The Morgan fingerprint density at radius 3 is 2.75 bits per heavy atom. The number of thioether (sulfide) groups is 1. The Labute approximate surface area is 130 Å². The highest BCUT2D eigenvalue weighted by Crippen LogP contribution is 2.52. The SMILES string of the molecule is CC1CCC2(CC1)SC(=NCc1cccs1)NC2(C)C. The molecule has 2 fully saturated rings. The van der Waals surface area contributed by atoms with Crippen LogP contribution in [0, 0.1) is 5.92 Å². The second kappa shape index (κ2) is 5.38. The van der Waals surface area contributed by atoms with E-state index in [9.17, 15) is 0 Å². The quantitative estimate of drug-likeness (QED) is 0.858. The van der Waals surface area contributed by atoms with Crippen LogP contribution in [0.25, 0.3) is 0 Å². The van der Waals surface area contributed by atoms with Gasteiger partial charge in [0.1, 0.15) is 0 Å². The Morgan fingerprint density at radius 2 is 2.10 bits per heavy atom. The van der Waals surface area contributed by atoms with E-state index in [1.807, 2.05) is 11.8 Å². The molecule has 1 aromatic rings. The van der Waals surface area contributed by atoms with E-state index in [1.165, 1.54) is 30.6 Å². The average Bonchev–Trinajstić information content (AvgIpc) is 2.98. The summed E-state index contributed by atoms with van der Waals surface area (Å²) in [6.45, 7) is 7.90. The van der Waals surface area contributed by atoms with Crippen molar-refractivity contribution >= 4 is 28.3 Å². The van der Waals surface area contributed by atoms with E-state index in [0.29, 0.717) is 4.75 Å². The minimum absolute atomic E-state index is 0.159. The summed E-state index contributed by atoms with van der Waals surface area (Å²) in [6, 6.07) is 4.26. The van der Waals surface area contributed by atoms with Crippen LogP contribution < -0.4 is 5.32 Å². The highest BCUT2D eigenvalue weighted by molar-refractivity contribution is 8.15. The summed E-state index contributed by atoms with van der Waals surface area (Å²) in [4.78, 5) is 6.15. The molecule has 1 saturated heterocycles. The fraction of sp³-hybridized carbons (Fsp3) is 0.688. The van der Waals surface area contributed by atoms with Crippen LogP contribution in [-0.4, -0.2) is 15.5 Å². The minimum Gasteiger partial charge on any atom is -0.359 e. The maximum atomic E-state index is 4.81. The van der Waals surface area contributed by atoms with Gasteiger partial charge < -0.3 is 5.32 Å². The molecule has 1 aromatic heterocycles. The lowest BCUT2D eigenvalue weighted by atomic mass is 9.73. The van der Waals surface area contributed by atoms with Crippen LogP contribution in [0.4, 0.5) is 0 Å². The lowest BCUT2D eigenvalue weighted by Gasteiger charge is -2.43. The molecule has 1 aliphatic carbocycles. The van der Waals surface area contributed by atoms with Crippen molar-refractivity contribution in [1.29, 1.82) is 0 Å². The van der Waals surface area contributed by atoms with E-state index in [1.54, 1.807) is 11.3 Å². The zero-order valence-electron chi connectivity index (χ0n) is 12.6. The standard InChI is InChI=1S/C16H24N2S2/c1-12-6-8-16(9-7-12)15(2,3)18-14(20-16)17-11-13-5-4-10-19-13/h4-5,10,12H,6-9,11H2,1-3H3,(H,17,18). The molecule has 2 nitrogen and oxygen atoms in total. The predicted octanol–water partition coefficient (Wildman–Crippen LogP) is 4.67. The van der Waals surface area contributed by atoms with E-state index in [2.05, 4.69) is 43.6 Å². The Balaban J connectivity index is 1.73. The number of rotatable bonds is 2. The first-order valence-electron chi connectivity index (χ1n) is 7.55. The third-order valence-electron chi connectivity index (χ3n) is 4.89. The van der Waals surface area contributed by atoms with Gasteiger partial charge in [-0.15, -0.1) is 11.3 Å². The van der Waals surface area contributed by atoms with Gasteiger partial charge in [0, 0.05) is 15.2 Å². The molecule has 2 aliphatic rings. The highest BCUT2D eigenvalue weighted by atomic mass is 32.2. The fourth-order valence-corrected chi connectivity index (χ4v) is 5.48. The number of thiophene rings is 1. The first-order valence-corrected chi connectivity index (χ1v) is 9.24. The molecule has 0 atom stereocenters. The van der Waals surface area contributed by atoms with E-state index in [0.717, 1.165) is 17.6 Å². The second-order valence-corrected chi connectivity index (χ2v) is 9.13. The molecule has 0 unspecified atom stereocenters. The van der Waals surface area contributed by atoms with Gasteiger partial charge in [-0.3, -0.25) is 4.99 Å². The summed E-state index contributed by atoms with van der Waals surface area (Å²) in [7, 11) is 0. The van der Waals surface area contributed by atoms with Gasteiger partial charge in [-0.05, 0) is 56.9 Å². The highest BCUT2D eigenvalue weighted by Gasteiger charge is 2.53. The maximum Gasteiger partial charge on any atom is 0.158 e. The summed E-state index contributed by atoms with van der Waals surface area (Å²) < 4.78 is 0.355. The van der Waals surface area contributed by atoms with Crippen molar-refractivity contribution in [3.63, 3.8) is 0 Å². The van der Waals surface area contributed by atoms with Crippen LogP contribution >= 0.6 is 23.1 Å². The number of nitrogens with zero attached hydrogens (tertiary/aromatic N) is 1. The Bertz CT molecular complexity index is 483. The zero-order chi connectivity index (χ0) is 14.2. The van der Waals surface area contributed by atoms with Crippen molar-refractivity contribution in [1.82, 2.24) is 5.32 Å². The van der Waals surface area contributed by atoms with Gasteiger partial charge in [-0.2, -0.15) is 0 Å². The van der Waals surface area contributed by atoms with Gasteiger partial charge >= 0.3 is 0 Å². The van der Waals surface area contributed by atoms with Crippen molar-refractivity contribution in [2.75, 3.05) is 0 Å². The predicted molar refractivity (Wildman–Crippen MR) is 90.6 cm³/mol. The summed E-state index contributed by atoms with van der Waals surface area (Å²) >= 11 is 3.80. The lowest BCUT2D eigenvalue weighted by Crippen LogP contribution is -2.52. The van der Waals surface area contributed by atoms with E-state index in [-0.39, 0.29) is 5.54 Å². The number of hydrogen-bond donors (Lipinski definition) is 1. The van der Waals surface area contributed by atoms with Gasteiger partial charge in [0.25, 0.3) is 0 Å². The molecule has 1 spiro atoms. The number of amidine groups is 1. The normalized spacial score (nSPS) is 34.5. The van der Waals surface area contributed by atoms with Crippen LogP contribution in [0.15, 0.2) is 22.5 Å². The van der Waals surface area contributed by atoms with Crippen LogP contribution in [0.2, 0.25) is 0 Å². The third kappa shape index (κ3) is 2.64. The van der Waals surface area contributed by atoms with Crippen molar-refractivity contribution in [3.8, 4) is 0 Å². The summed E-state index contributed by atoms with van der Waals surface area (Å²) in [5.74, 6) is 0.893. The van der Waals surface area contributed by atoms with Crippen LogP contribution in [0.3, 0.4) is 0 Å². The van der Waals surface area contributed by atoms with Gasteiger partial charge in [0.15, 0.2) is 5.17 Å². The number of nitrogens with one attached hydrogen (secondary N) is 1. The van der Waals surface area contributed by atoms with Gasteiger partial charge in [-0.1, -0.05) is 24.8 Å². The molecule has 3 rings (SSSR count).